The van der Waals surface area contributed by atoms with E-state index in [0.717, 1.165) is 84.5 Å². The minimum absolute atomic E-state index is 0.0322. The molecule has 1 aliphatic carbocycles. The number of halogens is 2. The summed E-state index contributed by atoms with van der Waals surface area (Å²) in [6.45, 7) is 6.81. The van der Waals surface area contributed by atoms with Gasteiger partial charge in [0, 0.05) is 67.8 Å². The Bertz CT molecular complexity index is 1870. The van der Waals surface area contributed by atoms with Crippen LogP contribution in [0.1, 0.15) is 57.2 Å². The first kappa shape index (κ1) is 35.3. The molecule has 11 nitrogen and oxygen atoms in total. The molecule has 1 spiro atoms. The second-order valence-electron chi connectivity index (χ2n) is 15.4. The summed E-state index contributed by atoms with van der Waals surface area (Å²) in [7, 11) is 0. The maximum Gasteiger partial charge on any atom is 0.261 e. The predicted octanol–water partition coefficient (Wildman–Crippen LogP) is 4.84. The molecule has 4 saturated heterocycles. The number of piperidine rings is 2. The van der Waals surface area contributed by atoms with Crippen molar-refractivity contribution in [3.05, 3.63) is 58.1 Å². The first-order valence-electron chi connectivity index (χ1n) is 18.6. The minimum atomic E-state index is -0.616. The molecular weight excluding hydrogens is 691 g/mol. The average molecular weight is 737 g/mol. The Hall–Kier alpha value is -3.75. The smallest absolute Gasteiger partial charge is 0.261 e. The summed E-state index contributed by atoms with van der Waals surface area (Å²) in [5.41, 5.74) is 1.26. The molecule has 1 unspecified atom stereocenters. The highest BCUT2D eigenvalue weighted by molar-refractivity contribution is 7.99. The highest BCUT2D eigenvalue weighted by Crippen LogP contribution is 2.53. The number of amides is 2. The molecule has 2 aromatic carbocycles. The number of likely N-dealkylation sites (tertiary alicyclic amines) is 1. The normalized spacial score (nSPS) is 23.0. The van der Waals surface area contributed by atoms with E-state index in [2.05, 4.69) is 30.4 Å². The maximum atomic E-state index is 15.1. The molecule has 5 aliphatic rings. The van der Waals surface area contributed by atoms with Gasteiger partial charge >= 0.3 is 0 Å². The van der Waals surface area contributed by atoms with Crippen molar-refractivity contribution in [2.45, 2.75) is 68.4 Å². The van der Waals surface area contributed by atoms with Crippen molar-refractivity contribution in [1.82, 2.24) is 20.2 Å². The van der Waals surface area contributed by atoms with E-state index in [1.807, 2.05) is 0 Å². The van der Waals surface area contributed by atoms with Gasteiger partial charge in [0.1, 0.15) is 34.6 Å². The van der Waals surface area contributed by atoms with Crippen molar-refractivity contribution in [3.8, 4) is 5.75 Å². The van der Waals surface area contributed by atoms with Crippen molar-refractivity contribution in [2.24, 2.45) is 17.3 Å². The Morgan fingerprint density at radius 3 is 2.52 bits per heavy atom. The number of carbonyl (C=O) groups excluding carboxylic acids is 2. The lowest BCUT2D eigenvalue weighted by atomic mass is 9.57. The molecule has 3 aromatic rings. The summed E-state index contributed by atoms with van der Waals surface area (Å²) in [6, 6.07) is 7.45. The first-order chi connectivity index (χ1) is 25.2. The fourth-order valence-electron chi connectivity index (χ4n) is 8.73. The van der Waals surface area contributed by atoms with E-state index in [9.17, 15) is 14.4 Å². The average Bonchev–Trinajstić information content (AvgIpc) is 3.09. The number of fused-ring (bicyclic) bond motifs is 1. The molecule has 14 heteroatoms. The molecule has 0 bridgehead atoms. The van der Waals surface area contributed by atoms with E-state index in [1.165, 1.54) is 12.1 Å². The fraction of sp³-hybridized carbons (Fsp3) is 0.579. The summed E-state index contributed by atoms with van der Waals surface area (Å²) in [4.78, 5) is 48.1. The maximum absolute atomic E-state index is 15.1. The van der Waals surface area contributed by atoms with Crippen molar-refractivity contribution in [1.29, 1.82) is 0 Å². The molecule has 52 heavy (non-hydrogen) atoms. The van der Waals surface area contributed by atoms with Gasteiger partial charge in [-0.3, -0.25) is 19.7 Å². The number of nitrogens with zero attached hydrogens (tertiary/aromatic N) is 3. The molecule has 278 valence electrons. The van der Waals surface area contributed by atoms with Crippen molar-refractivity contribution in [2.75, 3.05) is 62.8 Å². The van der Waals surface area contributed by atoms with Crippen molar-refractivity contribution < 1.29 is 27.8 Å². The third-order valence-corrected chi connectivity index (χ3v) is 12.9. The third-order valence-electron chi connectivity index (χ3n) is 11.5. The van der Waals surface area contributed by atoms with Crippen LogP contribution < -0.4 is 25.8 Å². The second kappa shape index (κ2) is 14.9. The van der Waals surface area contributed by atoms with Gasteiger partial charge in [0.15, 0.2) is 0 Å². The van der Waals surface area contributed by atoms with Gasteiger partial charge in [0.05, 0.1) is 23.6 Å². The van der Waals surface area contributed by atoms with Gasteiger partial charge < -0.3 is 29.6 Å². The van der Waals surface area contributed by atoms with Gasteiger partial charge in [0.25, 0.3) is 5.56 Å². The van der Waals surface area contributed by atoms with E-state index >= 15 is 8.78 Å². The Balaban J connectivity index is 0.758. The number of hydrogen-bond acceptors (Lipinski definition) is 10. The number of H-pyrrole nitrogens is 1. The Morgan fingerprint density at radius 2 is 1.77 bits per heavy atom. The van der Waals surface area contributed by atoms with Crippen LogP contribution in [-0.2, 0) is 20.1 Å². The third kappa shape index (κ3) is 7.79. The van der Waals surface area contributed by atoms with Gasteiger partial charge in [-0.15, -0.1) is 0 Å². The Labute approximate surface area is 305 Å². The van der Waals surface area contributed by atoms with Gasteiger partial charge in [-0.1, -0.05) is 0 Å². The number of aromatic nitrogens is 2. The van der Waals surface area contributed by atoms with Crippen LogP contribution in [0, 0.1) is 28.9 Å². The summed E-state index contributed by atoms with van der Waals surface area (Å²) in [5.74, 6) is 0.967. The number of rotatable bonds is 11. The number of nitrogens with one attached hydrogen (secondary N) is 3. The molecule has 3 N–H and O–H groups in total. The van der Waals surface area contributed by atoms with Crippen molar-refractivity contribution in [3.63, 3.8) is 0 Å². The molecular formula is C38H46F2N6O5S. The zero-order valence-corrected chi connectivity index (χ0v) is 30.1. The molecule has 0 radical (unpaired) electrons. The number of aromatic amines is 1. The lowest BCUT2D eigenvalue weighted by Crippen LogP contribution is -2.63. The highest BCUT2D eigenvalue weighted by atomic mass is 32.2. The van der Waals surface area contributed by atoms with Gasteiger partial charge in [-0.05, 0) is 88.1 Å². The SMILES string of the molecule is O=C1CCC(Nc2ccc(N3CC4(CC(CN5CCC(COc6cc(F)c7c(=O)[nH]c(CSC8CCOCC8)nc7c6)CC5)C4)C3)c(F)c2)C(=O)N1. The minimum Gasteiger partial charge on any atom is -0.493 e. The molecule has 1 saturated carbocycles. The van der Waals surface area contributed by atoms with E-state index < -0.39 is 17.4 Å². The summed E-state index contributed by atoms with van der Waals surface area (Å²) in [5, 5.41) is 5.81. The zero-order valence-electron chi connectivity index (χ0n) is 29.3. The molecule has 1 atom stereocenters. The van der Waals surface area contributed by atoms with Gasteiger partial charge in [0.2, 0.25) is 11.8 Å². The lowest BCUT2D eigenvalue weighted by Gasteiger charge is -2.60. The molecule has 5 heterocycles. The number of imide groups is 1. The topological polar surface area (TPSA) is 129 Å². The van der Waals surface area contributed by atoms with Gasteiger partial charge in [-0.2, -0.15) is 11.8 Å². The largest absolute Gasteiger partial charge is 0.493 e. The van der Waals surface area contributed by atoms with E-state index in [0.29, 0.717) is 64.3 Å². The lowest BCUT2D eigenvalue weighted by molar-refractivity contribution is -0.133. The van der Waals surface area contributed by atoms with Crippen LogP contribution in [0.4, 0.5) is 20.2 Å². The Morgan fingerprint density at radius 1 is 0.981 bits per heavy atom. The molecule has 2 amide bonds. The number of anilines is 2. The van der Waals surface area contributed by atoms with E-state index in [-0.39, 0.29) is 34.9 Å². The number of benzene rings is 2. The van der Waals surface area contributed by atoms with Crippen LogP contribution in [0.15, 0.2) is 35.1 Å². The molecule has 4 aliphatic heterocycles. The summed E-state index contributed by atoms with van der Waals surface area (Å²) in [6.07, 6.45) is 6.96. The standard InChI is InChI=1S/C38H46F2N6O5S/c39-28-13-25(41-30-2-4-34(47)44-36(30)48)1-3-32(28)46-21-38(22-46)16-24(17-38)18-45-9-5-23(6-10-45)19-51-26-14-29(40)35-31(15-26)42-33(43-37(35)49)20-52-27-7-11-50-12-8-27/h1,3,13-15,23-24,27,30,41H,2,4-12,16-22H2,(H,42,43,49)(H,44,47,48). The van der Waals surface area contributed by atoms with Crippen LogP contribution in [0.3, 0.4) is 0 Å². The monoisotopic (exact) mass is 736 g/mol. The van der Waals surface area contributed by atoms with E-state index in [1.54, 1.807) is 30.0 Å². The van der Waals surface area contributed by atoms with Crippen LogP contribution in [0.5, 0.6) is 5.75 Å². The summed E-state index contributed by atoms with van der Waals surface area (Å²) >= 11 is 1.75. The van der Waals surface area contributed by atoms with Crippen LogP contribution in [-0.4, -0.2) is 90.5 Å². The quantitative estimate of drug-likeness (QED) is 0.236. The van der Waals surface area contributed by atoms with Crippen molar-refractivity contribution >= 4 is 45.9 Å². The number of thioether (sulfide) groups is 1. The molecule has 1 aromatic heterocycles. The fourth-order valence-corrected chi connectivity index (χ4v) is 9.78. The first-order valence-corrected chi connectivity index (χ1v) is 19.7. The predicted molar refractivity (Wildman–Crippen MR) is 196 cm³/mol. The summed E-state index contributed by atoms with van der Waals surface area (Å²) < 4.78 is 41.6. The van der Waals surface area contributed by atoms with E-state index in [4.69, 9.17) is 9.47 Å². The van der Waals surface area contributed by atoms with Crippen LogP contribution in [0.25, 0.3) is 10.9 Å². The highest BCUT2D eigenvalue weighted by Gasteiger charge is 2.52. The number of ether oxygens (including phenoxy) is 2. The van der Waals surface area contributed by atoms with Crippen LogP contribution in [0.2, 0.25) is 0 Å². The second-order valence-corrected chi connectivity index (χ2v) is 16.7. The zero-order chi connectivity index (χ0) is 35.8. The Kier molecular flexibility index (Phi) is 10.1. The van der Waals surface area contributed by atoms with Crippen LogP contribution >= 0.6 is 11.8 Å². The molecule has 8 rings (SSSR count). The number of carbonyl (C=O) groups is 2. The van der Waals surface area contributed by atoms with Gasteiger partial charge in [-0.25, -0.2) is 13.8 Å². The molecule has 5 fully saturated rings. The number of hydrogen-bond donors (Lipinski definition) is 3.